The summed E-state index contributed by atoms with van der Waals surface area (Å²) < 4.78 is 11.0. The Labute approximate surface area is 199 Å². The average molecular weight is 463 g/mol. The van der Waals surface area contributed by atoms with E-state index in [1.807, 2.05) is 49.1 Å². The zero-order valence-electron chi connectivity index (χ0n) is 19.9. The molecular weight excluding hydrogens is 432 g/mol. The number of nitrogens with one attached hydrogen (secondary N) is 1. The van der Waals surface area contributed by atoms with Gasteiger partial charge >= 0.3 is 0 Å². The van der Waals surface area contributed by atoms with Gasteiger partial charge in [0.1, 0.15) is 17.0 Å². The zero-order chi connectivity index (χ0) is 23.7. The van der Waals surface area contributed by atoms with Gasteiger partial charge in [0.2, 0.25) is 11.9 Å². The Morgan fingerprint density at radius 3 is 2.62 bits per heavy atom. The Balaban J connectivity index is 1.30. The van der Waals surface area contributed by atoms with Crippen LogP contribution in [0.2, 0.25) is 0 Å². The van der Waals surface area contributed by atoms with Gasteiger partial charge in [-0.1, -0.05) is 12.1 Å². The van der Waals surface area contributed by atoms with Crippen LogP contribution in [0.15, 0.2) is 41.1 Å². The molecule has 0 aliphatic carbocycles. The molecule has 4 heterocycles. The summed E-state index contributed by atoms with van der Waals surface area (Å²) in [6.07, 6.45) is 2.86. The molecule has 9 heteroatoms. The number of amides is 1. The molecule has 5 rings (SSSR count). The van der Waals surface area contributed by atoms with E-state index in [4.69, 9.17) is 9.15 Å². The van der Waals surface area contributed by atoms with Crippen molar-refractivity contribution < 1.29 is 13.9 Å². The summed E-state index contributed by atoms with van der Waals surface area (Å²) in [5.74, 6) is 2.29. The second-order valence-corrected chi connectivity index (χ2v) is 9.03. The molecule has 1 N–H and O–H groups in total. The predicted octanol–water partition coefficient (Wildman–Crippen LogP) is 2.73. The van der Waals surface area contributed by atoms with Crippen LogP contribution in [0.3, 0.4) is 0 Å². The molecule has 2 saturated heterocycles. The van der Waals surface area contributed by atoms with Gasteiger partial charge in [0, 0.05) is 43.1 Å². The summed E-state index contributed by atoms with van der Waals surface area (Å²) in [6, 6.07) is 9.65. The van der Waals surface area contributed by atoms with E-state index in [2.05, 4.69) is 25.2 Å². The molecule has 34 heavy (non-hydrogen) atoms. The summed E-state index contributed by atoms with van der Waals surface area (Å²) in [7, 11) is 1.64. The van der Waals surface area contributed by atoms with Gasteiger partial charge < -0.3 is 24.3 Å². The molecule has 3 aromatic rings. The Morgan fingerprint density at radius 2 is 1.88 bits per heavy atom. The van der Waals surface area contributed by atoms with Crippen molar-refractivity contribution >= 4 is 11.9 Å². The number of anilines is 1. The van der Waals surface area contributed by atoms with E-state index in [-0.39, 0.29) is 5.91 Å². The molecule has 1 aromatic carbocycles. The van der Waals surface area contributed by atoms with Crippen LogP contribution in [0.4, 0.5) is 5.95 Å². The van der Waals surface area contributed by atoms with E-state index in [0.29, 0.717) is 31.7 Å². The minimum absolute atomic E-state index is 0.124. The van der Waals surface area contributed by atoms with E-state index in [0.717, 1.165) is 54.0 Å². The van der Waals surface area contributed by atoms with Crippen molar-refractivity contribution in [3.05, 3.63) is 53.8 Å². The third-order valence-corrected chi connectivity index (χ3v) is 6.73. The smallest absolute Gasteiger partial charge is 0.243 e. The van der Waals surface area contributed by atoms with Crippen molar-refractivity contribution in [2.45, 2.75) is 38.8 Å². The summed E-state index contributed by atoms with van der Waals surface area (Å²) in [4.78, 5) is 31.4. The van der Waals surface area contributed by atoms with Crippen LogP contribution >= 0.6 is 0 Å². The number of aromatic nitrogens is 3. The normalized spacial score (nSPS) is 17.9. The molecule has 1 spiro atoms. The van der Waals surface area contributed by atoms with Crippen LogP contribution in [0.1, 0.15) is 29.9 Å². The first kappa shape index (κ1) is 22.3. The Bertz CT molecular complexity index is 1160. The minimum atomic E-state index is -0.562. The molecule has 0 radical (unpaired) electrons. The Hall–Kier alpha value is -3.46. The monoisotopic (exact) mass is 462 g/mol. The second-order valence-electron chi connectivity index (χ2n) is 9.03. The molecule has 0 bridgehead atoms. The van der Waals surface area contributed by atoms with Gasteiger partial charge in [-0.2, -0.15) is 0 Å². The van der Waals surface area contributed by atoms with Gasteiger partial charge in [-0.3, -0.25) is 4.79 Å². The summed E-state index contributed by atoms with van der Waals surface area (Å²) in [5.41, 5.74) is 2.99. The maximum Gasteiger partial charge on any atom is 0.243 e. The number of aryl methyl sites for hydroxylation is 2. The van der Waals surface area contributed by atoms with Gasteiger partial charge in [0.05, 0.1) is 13.7 Å². The fourth-order valence-corrected chi connectivity index (χ4v) is 4.95. The highest BCUT2D eigenvalue weighted by Gasteiger charge is 2.46. The number of benzene rings is 1. The number of piperidine rings is 1. The van der Waals surface area contributed by atoms with Crippen molar-refractivity contribution in [3.63, 3.8) is 0 Å². The van der Waals surface area contributed by atoms with Crippen molar-refractivity contribution in [3.8, 4) is 17.1 Å². The van der Waals surface area contributed by atoms with Crippen LogP contribution in [-0.2, 0) is 11.3 Å². The van der Waals surface area contributed by atoms with E-state index in [1.165, 1.54) is 6.39 Å². The van der Waals surface area contributed by atoms with Gasteiger partial charge in [-0.15, -0.1) is 0 Å². The molecule has 2 aromatic heterocycles. The fraction of sp³-hybridized carbons (Fsp3) is 0.440. The Kier molecular flexibility index (Phi) is 5.95. The number of carbonyl (C=O) groups is 1. The minimum Gasteiger partial charge on any atom is -0.497 e. The summed E-state index contributed by atoms with van der Waals surface area (Å²) in [5, 5.41) is 3.53. The quantitative estimate of drug-likeness (QED) is 0.618. The lowest BCUT2D eigenvalue weighted by Crippen LogP contribution is -2.67. The number of nitrogens with zero attached hydrogens (tertiary/aromatic N) is 5. The molecule has 178 valence electrons. The van der Waals surface area contributed by atoms with E-state index in [9.17, 15) is 4.79 Å². The SMILES string of the molecule is COc1cccc(-c2ocnc2CN2CCNC3(CCN(c4nc(C)cc(C)n4)CC3)C2=O)c1. The number of ether oxygens (including phenoxy) is 1. The van der Waals surface area contributed by atoms with E-state index < -0.39 is 5.54 Å². The predicted molar refractivity (Wildman–Crippen MR) is 128 cm³/mol. The number of hydrogen-bond acceptors (Lipinski definition) is 8. The van der Waals surface area contributed by atoms with Gasteiger partial charge in [-0.25, -0.2) is 15.0 Å². The second kappa shape index (κ2) is 9.06. The van der Waals surface area contributed by atoms with Crippen LogP contribution in [0, 0.1) is 13.8 Å². The topological polar surface area (TPSA) is 96.6 Å². The molecule has 2 fully saturated rings. The Morgan fingerprint density at radius 1 is 1.12 bits per heavy atom. The lowest BCUT2D eigenvalue weighted by atomic mass is 9.84. The third kappa shape index (κ3) is 4.23. The van der Waals surface area contributed by atoms with Crippen molar-refractivity contribution in [1.29, 1.82) is 0 Å². The van der Waals surface area contributed by atoms with Crippen LogP contribution in [-0.4, -0.2) is 64.6 Å². The molecule has 2 aliphatic heterocycles. The first-order chi connectivity index (χ1) is 16.5. The highest BCUT2D eigenvalue weighted by molar-refractivity contribution is 5.87. The lowest BCUT2D eigenvalue weighted by molar-refractivity contribution is -0.143. The maximum atomic E-state index is 13.7. The molecule has 1 amide bonds. The number of piperazine rings is 1. The van der Waals surface area contributed by atoms with Crippen molar-refractivity contribution in [2.75, 3.05) is 38.2 Å². The lowest BCUT2D eigenvalue weighted by Gasteiger charge is -2.46. The average Bonchev–Trinajstić information content (AvgIpc) is 3.30. The summed E-state index contributed by atoms with van der Waals surface area (Å²) >= 11 is 0. The highest BCUT2D eigenvalue weighted by atomic mass is 16.5. The standard InChI is InChI=1S/C25H30N6O3/c1-17-13-18(2)29-24(28-17)30-10-7-25(8-11-30)23(32)31(12-9-27-25)15-21-22(34-16-26-21)19-5-4-6-20(14-19)33-3/h4-6,13-14,16,27H,7-12,15H2,1-3H3. The van der Waals surface area contributed by atoms with Gasteiger partial charge in [0.15, 0.2) is 12.2 Å². The molecular formula is C25H30N6O3. The molecule has 0 atom stereocenters. The number of oxazole rings is 1. The highest BCUT2D eigenvalue weighted by Crippen LogP contribution is 2.31. The summed E-state index contributed by atoms with van der Waals surface area (Å²) in [6.45, 7) is 7.22. The van der Waals surface area contributed by atoms with Crippen LogP contribution < -0.4 is 15.0 Å². The molecule has 9 nitrogen and oxygen atoms in total. The van der Waals surface area contributed by atoms with Crippen LogP contribution in [0.5, 0.6) is 5.75 Å². The van der Waals surface area contributed by atoms with E-state index >= 15 is 0 Å². The first-order valence-electron chi connectivity index (χ1n) is 11.7. The van der Waals surface area contributed by atoms with Crippen molar-refractivity contribution in [1.82, 2.24) is 25.2 Å². The first-order valence-corrected chi connectivity index (χ1v) is 11.7. The van der Waals surface area contributed by atoms with Gasteiger partial charge in [-0.05, 0) is 44.9 Å². The number of carbonyl (C=O) groups excluding carboxylic acids is 1. The zero-order valence-corrected chi connectivity index (χ0v) is 19.9. The van der Waals surface area contributed by atoms with Gasteiger partial charge in [0.25, 0.3) is 0 Å². The molecule has 2 aliphatic rings. The number of rotatable bonds is 5. The third-order valence-electron chi connectivity index (χ3n) is 6.73. The fourth-order valence-electron chi connectivity index (χ4n) is 4.95. The largest absolute Gasteiger partial charge is 0.497 e. The van der Waals surface area contributed by atoms with Crippen LogP contribution in [0.25, 0.3) is 11.3 Å². The maximum absolute atomic E-state index is 13.7. The van der Waals surface area contributed by atoms with E-state index in [1.54, 1.807) is 7.11 Å². The number of hydrogen-bond donors (Lipinski definition) is 1. The number of methoxy groups -OCH3 is 1. The molecule has 0 unspecified atom stereocenters. The molecule has 0 saturated carbocycles. The van der Waals surface area contributed by atoms with Crippen molar-refractivity contribution in [2.24, 2.45) is 0 Å².